The molecule has 1 aromatic carbocycles. The Bertz CT molecular complexity index is 800. The molecule has 0 aliphatic carbocycles. The zero-order valence-corrected chi connectivity index (χ0v) is 17.2. The third-order valence-electron chi connectivity index (χ3n) is 5.84. The Labute approximate surface area is 166 Å². The van der Waals surface area contributed by atoms with Gasteiger partial charge >= 0.3 is 0 Å². The summed E-state index contributed by atoms with van der Waals surface area (Å²) in [6, 6.07) is 4.79. The molecule has 2 fully saturated rings. The molecule has 0 amide bonds. The van der Waals surface area contributed by atoms with E-state index in [9.17, 15) is 18.5 Å². The lowest BCUT2D eigenvalue weighted by Gasteiger charge is -2.41. The Morgan fingerprint density at radius 1 is 1.11 bits per heavy atom. The van der Waals surface area contributed by atoms with Gasteiger partial charge in [0.05, 0.1) is 9.82 Å². The van der Waals surface area contributed by atoms with Crippen LogP contribution in [0.25, 0.3) is 0 Å². The van der Waals surface area contributed by atoms with E-state index >= 15 is 0 Å². The van der Waals surface area contributed by atoms with Crippen LogP contribution in [0, 0.1) is 10.1 Å². The average Bonchev–Trinajstić information content (AvgIpc) is 2.69. The zero-order chi connectivity index (χ0) is 20.3. The van der Waals surface area contributed by atoms with Gasteiger partial charge in [-0.05, 0) is 65.0 Å². The van der Waals surface area contributed by atoms with E-state index in [0.717, 1.165) is 45.1 Å². The predicted molar refractivity (Wildman–Crippen MR) is 108 cm³/mol. The molecule has 2 saturated heterocycles. The Balaban J connectivity index is 1.64. The van der Waals surface area contributed by atoms with Crippen LogP contribution in [0.2, 0.25) is 0 Å². The molecule has 2 heterocycles. The first kappa shape index (κ1) is 21.0. The summed E-state index contributed by atoms with van der Waals surface area (Å²) >= 11 is 0. The molecule has 3 rings (SSSR count). The van der Waals surface area contributed by atoms with E-state index in [2.05, 4.69) is 26.9 Å². The fourth-order valence-electron chi connectivity index (χ4n) is 4.06. The van der Waals surface area contributed by atoms with Crippen LogP contribution in [-0.4, -0.2) is 75.5 Å². The standard InChI is InChI=1S/C18H29N5O4S/c1-19-28(26,27)16-3-4-17(18(13-16)23(24)25)20-14-5-11-22(12-6-14)15-7-9-21(2)10-8-15/h3-4,13-15,19-20H,5-12H2,1-2H3. The van der Waals surface area contributed by atoms with Gasteiger partial charge in [-0.1, -0.05) is 0 Å². The van der Waals surface area contributed by atoms with Crippen LogP contribution in [0.3, 0.4) is 0 Å². The second-order valence-electron chi connectivity index (χ2n) is 7.63. The van der Waals surface area contributed by atoms with E-state index in [0.29, 0.717) is 11.7 Å². The van der Waals surface area contributed by atoms with Crippen molar-refractivity contribution < 1.29 is 13.3 Å². The lowest BCUT2D eigenvalue weighted by Crippen LogP contribution is -2.48. The highest BCUT2D eigenvalue weighted by molar-refractivity contribution is 7.89. The van der Waals surface area contributed by atoms with Crippen LogP contribution in [0.5, 0.6) is 0 Å². The summed E-state index contributed by atoms with van der Waals surface area (Å²) in [5.74, 6) is 0. The van der Waals surface area contributed by atoms with Crippen molar-refractivity contribution in [3.8, 4) is 0 Å². The molecule has 0 spiro atoms. The molecule has 10 heteroatoms. The monoisotopic (exact) mass is 411 g/mol. The first-order valence-electron chi connectivity index (χ1n) is 9.71. The summed E-state index contributed by atoms with van der Waals surface area (Å²) in [4.78, 5) is 15.7. The molecule has 0 bridgehead atoms. The van der Waals surface area contributed by atoms with Crippen molar-refractivity contribution in [2.45, 2.75) is 42.7 Å². The van der Waals surface area contributed by atoms with Crippen molar-refractivity contribution in [1.29, 1.82) is 0 Å². The van der Waals surface area contributed by atoms with Gasteiger partial charge in [-0.15, -0.1) is 0 Å². The van der Waals surface area contributed by atoms with Gasteiger partial charge in [-0.3, -0.25) is 10.1 Å². The molecule has 0 unspecified atom stereocenters. The number of nitro benzene ring substituents is 1. The van der Waals surface area contributed by atoms with Crippen LogP contribution < -0.4 is 10.0 Å². The van der Waals surface area contributed by atoms with E-state index in [4.69, 9.17) is 0 Å². The van der Waals surface area contributed by atoms with E-state index < -0.39 is 14.9 Å². The molecule has 9 nitrogen and oxygen atoms in total. The fourth-order valence-corrected chi connectivity index (χ4v) is 4.81. The Morgan fingerprint density at radius 3 is 2.32 bits per heavy atom. The molecule has 2 aliphatic heterocycles. The SMILES string of the molecule is CNS(=O)(=O)c1ccc(NC2CCN(C3CCN(C)CC3)CC2)c([N+](=O)[O-])c1. The summed E-state index contributed by atoms with van der Waals surface area (Å²) < 4.78 is 26.0. The van der Waals surface area contributed by atoms with Crippen LogP contribution in [-0.2, 0) is 10.0 Å². The number of sulfonamides is 1. The Morgan fingerprint density at radius 2 is 1.75 bits per heavy atom. The van der Waals surface area contributed by atoms with Crippen molar-refractivity contribution in [3.63, 3.8) is 0 Å². The van der Waals surface area contributed by atoms with Gasteiger partial charge < -0.3 is 15.1 Å². The Kier molecular flexibility index (Phi) is 6.54. The number of piperidine rings is 2. The second kappa shape index (κ2) is 8.73. The number of nitrogens with one attached hydrogen (secondary N) is 2. The highest BCUT2D eigenvalue weighted by Gasteiger charge is 2.28. The number of benzene rings is 1. The number of anilines is 1. The van der Waals surface area contributed by atoms with Crippen LogP contribution >= 0.6 is 0 Å². The number of nitro groups is 1. The highest BCUT2D eigenvalue weighted by Crippen LogP contribution is 2.30. The van der Waals surface area contributed by atoms with E-state index in [1.54, 1.807) is 0 Å². The first-order valence-corrected chi connectivity index (χ1v) is 11.2. The first-order chi connectivity index (χ1) is 13.3. The molecular formula is C18H29N5O4S. The average molecular weight is 412 g/mol. The van der Waals surface area contributed by atoms with Crippen molar-refractivity contribution in [1.82, 2.24) is 14.5 Å². The lowest BCUT2D eigenvalue weighted by atomic mass is 9.98. The molecule has 2 aliphatic rings. The lowest BCUT2D eigenvalue weighted by molar-refractivity contribution is -0.384. The van der Waals surface area contributed by atoms with Crippen LogP contribution in [0.4, 0.5) is 11.4 Å². The van der Waals surface area contributed by atoms with Crippen molar-refractivity contribution in [2.75, 3.05) is 45.6 Å². The number of hydrogen-bond donors (Lipinski definition) is 2. The van der Waals surface area contributed by atoms with Gasteiger partial charge in [0.2, 0.25) is 10.0 Å². The number of hydrogen-bond acceptors (Lipinski definition) is 7. The van der Waals surface area contributed by atoms with Gasteiger partial charge in [0.25, 0.3) is 5.69 Å². The van der Waals surface area contributed by atoms with Gasteiger partial charge in [0.1, 0.15) is 5.69 Å². The normalized spacial score (nSPS) is 20.9. The maximum atomic E-state index is 11.9. The Hall–Kier alpha value is -1.75. The molecule has 156 valence electrons. The van der Waals surface area contributed by atoms with Crippen LogP contribution in [0.1, 0.15) is 25.7 Å². The molecule has 28 heavy (non-hydrogen) atoms. The summed E-state index contributed by atoms with van der Waals surface area (Å²) in [5.41, 5.74) is 0.159. The van der Waals surface area contributed by atoms with Gasteiger partial charge in [-0.2, -0.15) is 0 Å². The summed E-state index contributed by atoms with van der Waals surface area (Å²) in [5, 5.41) is 14.7. The minimum atomic E-state index is -3.72. The summed E-state index contributed by atoms with van der Waals surface area (Å²) in [6.45, 7) is 4.23. The molecule has 0 aromatic heterocycles. The summed E-state index contributed by atoms with van der Waals surface area (Å²) in [6.07, 6.45) is 4.23. The minimum absolute atomic E-state index is 0.107. The molecule has 2 N–H and O–H groups in total. The fraction of sp³-hybridized carbons (Fsp3) is 0.667. The largest absolute Gasteiger partial charge is 0.377 e. The smallest absolute Gasteiger partial charge is 0.293 e. The van der Waals surface area contributed by atoms with Crippen LogP contribution in [0.15, 0.2) is 23.1 Å². The molecule has 1 aromatic rings. The quantitative estimate of drug-likeness (QED) is 0.539. The maximum Gasteiger partial charge on any atom is 0.293 e. The molecule has 0 atom stereocenters. The van der Waals surface area contributed by atoms with E-state index in [1.807, 2.05) is 0 Å². The van der Waals surface area contributed by atoms with E-state index in [1.165, 1.54) is 32.0 Å². The third kappa shape index (κ3) is 4.80. The van der Waals surface area contributed by atoms with Crippen molar-refractivity contribution in [3.05, 3.63) is 28.3 Å². The molecule has 0 radical (unpaired) electrons. The maximum absolute atomic E-state index is 11.9. The number of likely N-dealkylation sites (tertiary alicyclic amines) is 2. The van der Waals surface area contributed by atoms with Gasteiger partial charge in [0.15, 0.2) is 0 Å². The molecule has 0 saturated carbocycles. The number of rotatable bonds is 6. The summed E-state index contributed by atoms with van der Waals surface area (Å²) in [7, 11) is -0.278. The zero-order valence-electron chi connectivity index (χ0n) is 16.4. The second-order valence-corrected chi connectivity index (χ2v) is 9.52. The third-order valence-corrected chi connectivity index (χ3v) is 7.25. The molecular weight excluding hydrogens is 382 g/mol. The van der Waals surface area contributed by atoms with Crippen molar-refractivity contribution in [2.24, 2.45) is 0 Å². The van der Waals surface area contributed by atoms with E-state index in [-0.39, 0.29) is 16.6 Å². The van der Waals surface area contributed by atoms with Gasteiger partial charge in [-0.25, -0.2) is 13.1 Å². The van der Waals surface area contributed by atoms with Gasteiger partial charge in [0, 0.05) is 31.2 Å². The topological polar surface area (TPSA) is 108 Å². The highest BCUT2D eigenvalue weighted by atomic mass is 32.2. The van der Waals surface area contributed by atoms with Crippen molar-refractivity contribution >= 4 is 21.4 Å². The predicted octanol–water partition coefficient (Wildman–Crippen LogP) is 1.47. The number of nitrogens with zero attached hydrogens (tertiary/aromatic N) is 3. The minimum Gasteiger partial charge on any atom is -0.377 e.